The predicted octanol–water partition coefficient (Wildman–Crippen LogP) is -0.0369. The van der Waals surface area contributed by atoms with Gasteiger partial charge in [-0.05, 0) is 6.42 Å². The number of hydrogen-bond donors (Lipinski definition) is 2. The summed E-state index contributed by atoms with van der Waals surface area (Å²) in [4.78, 5) is 21.9. The Morgan fingerprint density at radius 3 is 2.38 bits per heavy atom. The summed E-state index contributed by atoms with van der Waals surface area (Å²) in [5.74, 6) is -1.70. The van der Waals surface area contributed by atoms with E-state index in [1.54, 1.807) is 0 Å². The van der Waals surface area contributed by atoms with Crippen LogP contribution in [0.1, 0.15) is 6.42 Å². The van der Waals surface area contributed by atoms with Crippen molar-refractivity contribution in [2.24, 2.45) is 5.92 Å². The van der Waals surface area contributed by atoms with E-state index >= 15 is 0 Å². The summed E-state index contributed by atoms with van der Waals surface area (Å²) in [6.07, 6.45) is -1.21. The van der Waals surface area contributed by atoms with Crippen molar-refractivity contribution in [3.05, 3.63) is 0 Å². The van der Waals surface area contributed by atoms with Crippen LogP contribution in [0.15, 0.2) is 0 Å². The molecule has 6 nitrogen and oxygen atoms in total. The van der Waals surface area contributed by atoms with Crippen LogP contribution in [0.3, 0.4) is 0 Å². The summed E-state index contributed by atoms with van der Waals surface area (Å²) in [5.41, 5.74) is 0. The number of carbonyl (C=O) groups is 2. The summed E-state index contributed by atoms with van der Waals surface area (Å²) >= 11 is 0. The molecule has 1 heterocycles. The molecule has 1 rings (SSSR count). The molecule has 1 saturated heterocycles. The number of likely N-dealkylation sites (tertiary alicyclic amines) is 1. The Morgan fingerprint density at radius 2 is 2.08 bits per heavy atom. The first-order chi connectivity index (χ1) is 6.06. The molecule has 0 aromatic heterocycles. The van der Waals surface area contributed by atoms with Crippen LogP contribution >= 0.6 is 0 Å². The molecule has 6 heteroatoms. The highest BCUT2D eigenvalue weighted by Gasteiger charge is 2.39. The van der Waals surface area contributed by atoms with Gasteiger partial charge in [-0.2, -0.15) is 5.26 Å². The van der Waals surface area contributed by atoms with Crippen molar-refractivity contribution in [3.8, 4) is 6.07 Å². The number of nitrogens with zero attached hydrogens (tertiary/aromatic N) is 2. The number of hydrogen-bond acceptors (Lipinski definition) is 3. The highest BCUT2D eigenvalue weighted by atomic mass is 16.4. The second-order valence-electron chi connectivity index (χ2n) is 2.85. The van der Waals surface area contributed by atoms with E-state index in [9.17, 15) is 9.59 Å². The number of nitriles is 1. The van der Waals surface area contributed by atoms with Crippen molar-refractivity contribution in [1.29, 1.82) is 5.26 Å². The van der Waals surface area contributed by atoms with Gasteiger partial charge in [0.2, 0.25) is 0 Å². The number of amides is 1. The van der Waals surface area contributed by atoms with Crippen molar-refractivity contribution in [1.82, 2.24) is 4.90 Å². The summed E-state index contributed by atoms with van der Waals surface area (Å²) in [5, 5.41) is 25.7. The lowest BCUT2D eigenvalue weighted by atomic mass is 10.1. The zero-order valence-electron chi connectivity index (χ0n) is 6.67. The van der Waals surface area contributed by atoms with Crippen molar-refractivity contribution in [2.75, 3.05) is 6.54 Å². The maximum atomic E-state index is 10.6. The number of aliphatic carboxylic acids is 1. The van der Waals surface area contributed by atoms with E-state index in [4.69, 9.17) is 15.5 Å². The quantitative estimate of drug-likeness (QED) is 0.595. The molecule has 1 fully saturated rings. The van der Waals surface area contributed by atoms with Gasteiger partial charge in [-0.15, -0.1) is 0 Å². The molecule has 0 aliphatic carbocycles. The number of rotatable bonds is 1. The average molecular weight is 184 g/mol. The molecule has 1 aliphatic heterocycles. The summed E-state index contributed by atoms with van der Waals surface area (Å²) in [6, 6.07) is 0.798. The summed E-state index contributed by atoms with van der Waals surface area (Å²) in [6.45, 7) is -0.0111. The molecule has 13 heavy (non-hydrogen) atoms. The molecular weight excluding hydrogens is 176 g/mol. The zero-order chi connectivity index (χ0) is 10.0. The summed E-state index contributed by atoms with van der Waals surface area (Å²) in [7, 11) is 0. The lowest BCUT2D eigenvalue weighted by Crippen LogP contribution is -2.39. The zero-order valence-corrected chi connectivity index (χ0v) is 6.67. The van der Waals surface area contributed by atoms with E-state index in [0.717, 1.165) is 4.90 Å². The Bertz CT molecular complexity index is 261. The largest absolute Gasteiger partial charge is 0.480 e. The van der Waals surface area contributed by atoms with Crippen molar-refractivity contribution in [2.45, 2.75) is 12.5 Å². The first-order valence-electron chi connectivity index (χ1n) is 3.68. The molecule has 70 valence electrons. The van der Waals surface area contributed by atoms with Crippen molar-refractivity contribution in [3.63, 3.8) is 0 Å². The van der Waals surface area contributed by atoms with Gasteiger partial charge in [0.15, 0.2) is 0 Å². The smallest absolute Gasteiger partial charge is 0.408 e. The van der Waals surface area contributed by atoms with Gasteiger partial charge in [0.05, 0.1) is 12.0 Å². The predicted molar refractivity (Wildman–Crippen MR) is 39.9 cm³/mol. The SMILES string of the molecule is N#C[C@@H]1C[C@H](C(=O)O)N(C(=O)O)C1. The molecule has 0 radical (unpaired) electrons. The molecule has 2 atom stereocenters. The fourth-order valence-electron chi connectivity index (χ4n) is 1.38. The van der Waals surface area contributed by atoms with Crippen molar-refractivity contribution >= 4 is 12.1 Å². The highest BCUT2D eigenvalue weighted by Crippen LogP contribution is 2.22. The first kappa shape index (κ1) is 9.32. The van der Waals surface area contributed by atoms with Gasteiger partial charge in [-0.25, -0.2) is 9.59 Å². The lowest BCUT2D eigenvalue weighted by molar-refractivity contribution is -0.141. The molecular formula is C7H8N2O4. The van der Waals surface area contributed by atoms with Gasteiger partial charge in [-0.3, -0.25) is 4.90 Å². The maximum absolute atomic E-state index is 10.6. The van der Waals surface area contributed by atoms with Crippen LogP contribution in [0, 0.1) is 17.2 Å². The molecule has 2 N–H and O–H groups in total. The van der Waals surface area contributed by atoms with Crippen LogP contribution < -0.4 is 0 Å². The lowest BCUT2D eigenvalue weighted by Gasteiger charge is -2.16. The third-order valence-electron chi connectivity index (χ3n) is 2.01. The minimum atomic E-state index is -1.29. The Hall–Kier alpha value is -1.77. The summed E-state index contributed by atoms with van der Waals surface area (Å²) < 4.78 is 0. The Balaban J connectivity index is 2.78. The standard InChI is InChI=1S/C7H8N2O4/c8-2-4-1-5(6(10)11)9(3-4)7(12)13/h4-5H,1,3H2,(H,10,11)(H,12,13)/t4-,5+/m0/s1. The fourth-order valence-corrected chi connectivity index (χ4v) is 1.38. The highest BCUT2D eigenvalue weighted by molar-refractivity contribution is 5.80. The van der Waals surface area contributed by atoms with Gasteiger partial charge >= 0.3 is 12.1 Å². The first-order valence-corrected chi connectivity index (χ1v) is 3.68. The van der Waals surface area contributed by atoms with Crippen LogP contribution in [-0.2, 0) is 4.79 Å². The average Bonchev–Trinajstić information content (AvgIpc) is 2.47. The van der Waals surface area contributed by atoms with E-state index < -0.39 is 24.0 Å². The van der Waals surface area contributed by atoms with Crippen LogP contribution in [0.4, 0.5) is 4.79 Å². The van der Waals surface area contributed by atoms with Crippen LogP contribution in [0.5, 0.6) is 0 Å². The van der Waals surface area contributed by atoms with E-state index in [-0.39, 0.29) is 13.0 Å². The molecule has 0 aromatic rings. The molecule has 1 aliphatic rings. The van der Waals surface area contributed by atoms with Gasteiger partial charge in [0.1, 0.15) is 6.04 Å². The van der Waals surface area contributed by atoms with Crippen LogP contribution in [-0.4, -0.2) is 39.8 Å². The molecule has 0 unspecified atom stereocenters. The Labute approximate surface area is 74.0 Å². The minimum Gasteiger partial charge on any atom is -0.480 e. The second kappa shape index (κ2) is 3.31. The van der Waals surface area contributed by atoms with E-state index in [2.05, 4.69) is 0 Å². The van der Waals surface area contributed by atoms with Crippen LogP contribution in [0.2, 0.25) is 0 Å². The maximum Gasteiger partial charge on any atom is 0.408 e. The Kier molecular flexibility index (Phi) is 2.37. The Morgan fingerprint density at radius 1 is 1.46 bits per heavy atom. The normalized spacial score (nSPS) is 26.8. The second-order valence-corrected chi connectivity index (χ2v) is 2.85. The minimum absolute atomic E-state index is 0.0111. The topological polar surface area (TPSA) is 102 Å². The van der Waals surface area contributed by atoms with Gasteiger partial charge < -0.3 is 10.2 Å². The third-order valence-corrected chi connectivity index (χ3v) is 2.01. The molecule has 0 spiro atoms. The van der Waals surface area contributed by atoms with Crippen molar-refractivity contribution < 1.29 is 19.8 Å². The molecule has 0 aromatic carbocycles. The molecule has 0 saturated carbocycles. The van der Waals surface area contributed by atoms with Gasteiger partial charge in [-0.1, -0.05) is 0 Å². The van der Waals surface area contributed by atoms with E-state index in [1.807, 2.05) is 6.07 Å². The number of carboxylic acid groups (broad SMARTS) is 2. The number of carboxylic acids is 1. The fraction of sp³-hybridized carbons (Fsp3) is 0.571. The van der Waals surface area contributed by atoms with Gasteiger partial charge in [0.25, 0.3) is 0 Å². The molecule has 0 bridgehead atoms. The molecule has 1 amide bonds. The monoisotopic (exact) mass is 184 g/mol. The third kappa shape index (κ3) is 1.69. The van der Waals surface area contributed by atoms with E-state index in [0.29, 0.717) is 0 Å². The van der Waals surface area contributed by atoms with E-state index in [1.165, 1.54) is 0 Å². The van der Waals surface area contributed by atoms with Gasteiger partial charge in [0, 0.05) is 6.54 Å². The van der Waals surface area contributed by atoms with Crippen LogP contribution in [0.25, 0.3) is 0 Å².